The minimum atomic E-state index is -3.21. The first-order valence-electron chi connectivity index (χ1n) is 5.68. The van der Waals surface area contributed by atoms with Gasteiger partial charge in [-0.2, -0.15) is 0 Å². The third kappa shape index (κ3) is 3.25. The number of hydrogen-bond acceptors (Lipinski definition) is 5. The van der Waals surface area contributed by atoms with Gasteiger partial charge in [-0.1, -0.05) is 0 Å². The highest BCUT2D eigenvalue weighted by Crippen LogP contribution is 2.14. The van der Waals surface area contributed by atoms with Gasteiger partial charge in [0.25, 0.3) is 0 Å². The Morgan fingerprint density at radius 1 is 1.65 bits per heavy atom. The molecule has 2 rings (SSSR count). The number of rotatable bonds is 4. The Bertz CT molecular complexity index is 464. The summed E-state index contributed by atoms with van der Waals surface area (Å²) >= 11 is 1.48. The molecule has 0 aromatic carbocycles. The van der Waals surface area contributed by atoms with Gasteiger partial charge in [0, 0.05) is 18.0 Å². The van der Waals surface area contributed by atoms with Crippen LogP contribution in [0.15, 0.2) is 5.51 Å². The first-order chi connectivity index (χ1) is 8.09. The van der Waals surface area contributed by atoms with Crippen molar-refractivity contribution in [2.24, 2.45) is 0 Å². The van der Waals surface area contributed by atoms with Crippen LogP contribution in [0, 0.1) is 6.92 Å². The van der Waals surface area contributed by atoms with E-state index in [1.807, 2.05) is 6.92 Å². The molecule has 1 saturated heterocycles. The first-order valence-corrected chi connectivity index (χ1v) is 8.10. The molecule has 1 aliphatic heterocycles. The van der Waals surface area contributed by atoms with Crippen molar-refractivity contribution >= 4 is 21.4 Å². The molecule has 17 heavy (non-hydrogen) atoms. The molecule has 1 aromatic heterocycles. The van der Waals surface area contributed by atoms with Crippen LogP contribution in [0.25, 0.3) is 0 Å². The van der Waals surface area contributed by atoms with E-state index in [4.69, 9.17) is 0 Å². The quantitative estimate of drug-likeness (QED) is 0.845. The molecule has 0 spiro atoms. The van der Waals surface area contributed by atoms with Crippen LogP contribution in [0.3, 0.4) is 0 Å². The van der Waals surface area contributed by atoms with Crippen molar-refractivity contribution in [3.63, 3.8) is 0 Å². The SMILES string of the molecule is Cc1ncsc1CNS(=O)(=O)C1CCCNC1. The Balaban J connectivity index is 1.95. The van der Waals surface area contributed by atoms with Crippen LogP contribution >= 0.6 is 11.3 Å². The van der Waals surface area contributed by atoms with E-state index in [9.17, 15) is 8.42 Å². The molecule has 0 aliphatic carbocycles. The molecule has 1 aromatic rings. The highest BCUT2D eigenvalue weighted by Gasteiger charge is 2.26. The average Bonchev–Trinajstić information content (AvgIpc) is 2.74. The van der Waals surface area contributed by atoms with Gasteiger partial charge in [0.2, 0.25) is 10.0 Å². The van der Waals surface area contributed by atoms with E-state index in [1.54, 1.807) is 5.51 Å². The monoisotopic (exact) mass is 275 g/mol. The molecule has 0 saturated carbocycles. The molecule has 5 nitrogen and oxygen atoms in total. The van der Waals surface area contributed by atoms with Gasteiger partial charge < -0.3 is 5.32 Å². The summed E-state index contributed by atoms with van der Waals surface area (Å²) in [5, 5.41) is 2.82. The van der Waals surface area contributed by atoms with Gasteiger partial charge >= 0.3 is 0 Å². The van der Waals surface area contributed by atoms with Crippen molar-refractivity contribution in [3.05, 3.63) is 16.1 Å². The molecule has 1 fully saturated rings. The third-order valence-electron chi connectivity index (χ3n) is 2.97. The Hall–Kier alpha value is -0.500. The number of nitrogens with zero attached hydrogens (tertiary/aromatic N) is 1. The molecular weight excluding hydrogens is 258 g/mol. The van der Waals surface area contributed by atoms with E-state index in [0.717, 1.165) is 30.0 Å². The van der Waals surface area contributed by atoms with E-state index in [0.29, 0.717) is 13.1 Å². The molecule has 2 N–H and O–H groups in total. The number of piperidine rings is 1. The van der Waals surface area contributed by atoms with Gasteiger partial charge in [-0.25, -0.2) is 18.1 Å². The van der Waals surface area contributed by atoms with Gasteiger partial charge in [-0.3, -0.25) is 0 Å². The number of hydrogen-bond donors (Lipinski definition) is 2. The molecule has 2 heterocycles. The van der Waals surface area contributed by atoms with Crippen LogP contribution in [0.5, 0.6) is 0 Å². The zero-order chi connectivity index (χ0) is 12.3. The van der Waals surface area contributed by atoms with E-state index < -0.39 is 10.0 Å². The van der Waals surface area contributed by atoms with Crippen molar-refractivity contribution in [2.75, 3.05) is 13.1 Å². The van der Waals surface area contributed by atoms with Gasteiger partial charge in [-0.05, 0) is 26.3 Å². The molecule has 1 unspecified atom stereocenters. The minimum Gasteiger partial charge on any atom is -0.315 e. The van der Waals surface area contributed by atoms with Crippen molar-refractivity contribution < 1.29 is 8.42 Å². The fraction of sp³-hybridized carbons (Fsp3) is 0.700. The largest absolute Gasteiger partial charge is 0.315 e. The number of sulfonamides is 1. The van der Waals surface area contributed by atoms with Crippen molar-refractivity contribution in [1.29, 1.82) is 0 Å². The van der Waals surface area contributed by atoms with Crippen LogP contribution in [-0.4, -0.2) is 31.7 Å². The second-order valence-electron chi connectivity index (χ2n) is 4.20. The molecule has 1 atom stereocenters. The second-order valence-corrected chi connectivity index (χ2v) is 7.18. The number of thiazole rings is 1. The van der Waals surface area contributed by atoms with E-state index in [2.05, 4.69) is 15.0 Å². The molecular formula is C10H17N3O2S2. The molecule has 96 valence electrons. The van der Waals surface area contributed by atoms with Crippen molar-refractivity contribution in [2.45, 2.75) is 31.6 Å². The fourth-order valence-corrected chi connectivity index (χ4v) is 4.07. The summed E-state index contributed by atoms with van der Waals surface area (Å²) in [5.41, 5.74) is 2.64. The average molecular weight is 275 g/mol. The Labute approximate surface area is 106 Å². The highest BCUT2D eigenvalue weighted by atomic mass is 32.2. The lowest BCUT2D eigenvalue weighted by Crippen LogP contribution is -2.44. The lowest BCUT2D eigenvalue weighted by atomic mass is 10.2. The van der Waals surface area contributed by atoms with Gasteiger partial charge in [-0.15, -0.1) is 11.3 Å². The van der Waals surface area contributed by atoms with E-state index >= 15 is 0 Å². The maximum atomic E-state index is 12.0. The van der Waals surface area contributed by atoms with E-state index in [-0.39, 0.29) is 5.25 Å². The number of aromatic nitrogens is 1. The van der Waals surface area contributed by atoms with Crippen LogP contribution in [0.1, 0.15) is 23.4 Å². The number of nitrogens with one attached hydrogen (secondary N) is 2. The van der Waals surface area contributed by atoms with Gasteiger partial charge in [0.15, 0.2) is 0 Å². The lowest BCUT2D eigenvalue weighted by molar-refractivity contribution is 0.490. The molecule has 7 heteroatoms. The molecule has 0 radical (unpaired) electrons. The summed E-state index contributed by atoms with van der Waals surface area (Å²) in [5.74, 6) is 0. The Morgan fingerprint density at radius 3 is 3.06 bits per heavy atom. The zero-order valence-corrected chi connectivity index (χ0v) is 11.4. The smallest absolute Gasteiger partial charge is 0.216 e. The van der Waals surface area contributed by atoms with Crippen LogP contribution < -0.4 is 10.0 Å². The first kappa shape index (κ1) is 12.9. The Morgan fingerprint density at radius 2 is 2.47 bits per heavy atom. The molecule has 0 amide bonds. The second kappa shape index (κ2) is 5.43. The summed E-state index contributed by atoms with van der Waals surface area (Å²) in [6.45, 7) is 3.72. The van der Waals surface area contributed by atoms with Gasteiger partial charge in [0.05, 0.1) is 16.5 Å². The molecule has 0 bridgehead atoms. The maximum absolute atomic E-state index is 12.0. The predicted molar refractivity (Wildman–Crippen MR) is 68.5 cm³/mol. The van der Waals surface area contributed by atoms with Crippen LogP contribution in [-0.2, 0) is 16.6 Å². The highest BCUT2D eigenvalue weighted by molar-refractivity contribution is 7.90. The van der Waals surface area contributed by atoms with Gasteiger partial charge in [0.1, 0.15) is 0 Å². The zero-order valence-electron chi connectivity index (χ0n) is 9.77. The topological polar surface area (TPSA) is 71.1 Å². The summed E-state index contributed by atoms with van der Waals surface area (Å²) in [4.78, 5) is 5.08. The third-order valence-corrected chi connectivity index (χ3v) is 5.73. The minimum absolute atomic E-state index is 0.301. The summed E-state index contributed by atoms with van der Waals surface area (Å²) in [6.07, 6.45) is 1.66. The normalized spacial score (nSPS) is 21.6. The fourth-order valence-electron chi connectivity index (χ4n) is 1.86. The Kier molecular flexibility index (Phi) is 4.13. The lowest BCUT2D eigenvalue weighted by Gasteiger charge is -2.22. The number of aryl methyl sites for hydroxylation is 1. The van der Waals surface area contributed by atoms with Crippen molar-refractivity contribution in [3.8, 4) is 0 Å². The standard InChI is InChI=1S/C10H17N3O2S2/c1-8-10(16-7-12-8)6-13-17(14,15)9-3-2-4-11-5-9/h7,9,11,13H,2-6H2,1H3. The molecule has 1 aliphatic rings. The van der Waals surface area contributed by atoms with Crippen molar-refractivity contribution in [1.82, 2.24) is 15.0 Å². The summed E-state index contributed by atoms with van der Waals surface area (Å²) < 4.78 is 26.7. The predicted octanol–water partition coefficient (Wildman–Crippen LogP) is 0.623. The van der Waals surface area contributed by atoms with Crippen LogP contribution in [0.2, 0.25) is 0 Å². The van der Waals surface area contributed by atoms with E-state index in [1.165, 1.54) is 11.3 Å². The summed E-state index contributed by atoms with van der Waals surface area (Å²) in [7, 11) is -3.21. The van der Waals surface area contributed by atoms with Crippen LogP contribution in [0.4, 0.5) is 0 Å². The summed E-state index contributed by atoms with van der Waals surface area (Å²) in [6, 6.07) is 0. The maximum Gasteiger partial charge on any atom is 0.216 e.